The zero-order chi connectivity index (χ0) is 78.1. The highest BCUT2D eigenvalue weighted by Gasteiger charge is 2.43. The van der Waals surface area contributed by atoms with Gasteiger partial charge in [-0.3, -0.25) is 62.7 Å². The predicted octanol–water partition coefficient (Wildman–Crippen LogP) is -1.53. The van der Waals surface area contributed by atoms with Gasteiger partial charge in [-0.25, -0.2) is 4.79 Å². The molecule has 0 saturated carbocycles. The molecule has 0 aliphatic carbocycles. The molecule has 0 radical (unpaired) electrons. The van der Waals surface area contributed by atoms with E-state index in [4.69, 9.17) is 44.9 Å². The fourth-order valence-electron chi connectivity index (χ4n) is 12.9. The van der Waals surface area contributed by atoms with Gasteiger partial charge >= 0.3 is 5.97 Å². The number of carbonyl (C=O) groups excluding carboxylic acids is 12. The topological polar surface area (TPSA) is 539 Å². The van der Waals surface area contributed by atoms with Gasteiger partial charge in [0.25, 0.3) is 0 Å². The minimum absolute atomic E-state index is 0.0417. The molecule has 1 aromatic heterocycles. The van der Waals surface area contributed by atoms with Crippen molar-refractivity contribution in [3.05, 3.63) is 108 Å². The zero-order valence-electron chi connectivity index (χ0n) is 61.4. The van der Waals surface area contributed by atoms with Crippen molar-refractivity contribution in [1.82, 2.24) is 57.3 Å². The molecule has 2 saturated heterocycles. The maximum absolute atomic E-state index is 15.2. The summed E-state index contributed by atoms with van der Waals surface area (Å²) in [6.07, 6.45) is 5.44. The average Bonchev–Trinajstić information content (AvgIpc) is 1.73. The highest BCUT2D eigenvalue weighted by molar-refractivity contribution is 7.98. The molecule has 107 heavy (non-hydrogen) atoms. The molecule has 2 fully saturated rings. The van der Waals surface area contributed by atoms with Crippen LogP contribution in [0.1, 0.15) is 120 Å². The monoisotopic (exact) mass is 1500 g/mol. The quantitative estimate of drug-likeness (QED) is 0.0103. The Morgan fingerprint density at radius 3 is 1.51 bits per heavy atom. The second-order valence-corrected chi connectivity index (χ2v) is 28.2. The van der Waals surface area contributed by atoms with Crippen LogP contribution in [0.2, 0.25) is 0 Å². The number of carbonyl (C=O) groups is 12. The summed E-state index contributed by atoms with van der Waals surface area (Å²) in [5.41, 5.74) is 42.5. The van der Waals surface area contributed by atoms with Crippen LogP contribution in [0.5, 0.6) is 0 Å². The molecule has 11 amide bonds. The maximum atomic E-state index is 15.2. The second kappa shape index (κ2) is 43.9. The third-order valence-electron chi connectivity index (χ3n) is 18.5. The molecular weight excluding hydrogens is 1400 g/mol. The number of benzene rings is 3. The van der Waals surface area contributed by atoms with Crippen LogP contribution in [0.25, 0.3) is 10.9 Å². The second-order valence-electron chi connectivity index (χ2n) is 27.2. The number of methoxy groups -OCH3 is 1. The number of para-hydroxylation sites is 1. The number of nitrogens with one attached hydrogen (secondary N) is 9. The van der Waals surface area contributed by atoms with Crippen molar-refractivity contribution >= 4 is 106 Å². The van der Waals surface area contributed by atoms with E-state index in [9.17, 15) is 43.2 Å². The van der Waals surface area contributed by atoms with Gasteiger partial charge in [0.1, 0.15) is 60.4 Å². The van der Waals surface area contributed by atoms with Crippen molar-refractivity contribution in [2.24, 2.45) is 56.0 Å². The van der Waals surface area contributed by atoms with E-state index in [0.29, 0.717) is 61.0 Å². The molecule has 2 aliphatic rings. The summed E-state index contributed by atoms with van der Waals surface area (Å²) in [6.45, 7) is 4.52. The minimum Gasteiger partial charge on any atom is -0.467 e. The standard InChI is InChI=1S/C73H108N20O13S/c1-43(2)37-53(62(96)86-52(30-36-107-4)71(105)106-3)87-65(99)56(40-46-42-83-49-25-12-11-23-47(46)49)90-64(98)55(39-45-21-9-6-10-22-45)89-63(97)54(38-44-19-7-5-8-20-44)88-61(95)50(27-16-33-82-73(79)80)84-66(100)57(41-60(76)94)91-68(102)59-29-18-35-93(59)70(104)51(26-13-14-31-74)85-67(101)58-28-17-34-92(58)69(103)48(75)24-15-32-81-72(77)78/h5-12,19-23,25,42-43,48,50-59,83H,13-18,24,26-41,74-75H2,1-4H3,(H2,76,94)(H,84,100)(H,85,101)(H,86,96)(H,87,99)(H,88,95)(H,89,97)(H,90,98)(H,91,102)(H4,77,78,81)(H4,79,80,82)/t48-,50-,51-,52-,53-,54+,55-,56+,57-,58-,59-/m0/s1. The first-order valence-corrected chi connectivity index (χ1v) is 37.7. The number of fused-ring (bicyclic) bond motifs is 1. The number of aliphatic imine (C=N–C) groups is 2. The number of H-pyrrole nitrogens is 1. The number of unbranched alkanes of at least 4 members (excludes halogenated alkanes) is 1. The van der Waals surface area contributed by atoms with Gasteiger partial charge in [0.2, 0.25) is 65.0 Å². The maximum Gasteiger partial charge on any atom is 0.328 e. The minimum atomic E-state index is -1.75. The van der Waals surface area contributed by atoms with Gasteiger partial charge in [0.05, 0.1) is 19.6 Å². The number of esters is 1. The van der Waals surface area contributed by atoms with Crippen molar-refractivity contribution in [3.63, 3.8) is 0 Å². The van der Waals surface area contributed by atoms with Gasteiger partial charge in [-0.1, -0.05) is 92.7 Å². The number of amides is 11. The lowest BCUT2D eigenvalue weighted by atomic mass is 9.99. The first kappa shape index (κ1) is 85.6. The molecule has 6 rings (SSSR count). The molecule has 0 bridgehead atoms. The van der Waals surface area contributed by atoms with Crippen LogP contribution in [0.15, 0.2) is 101 Å². The fourth-order valence-corrected chi connectivity index (χ4v) is 13.4. The number of aromatic nitrogens is 1. The van der Waals surface area contributed by atoms with E-state index in [-0.39, 0.29) is 115 Å². The summed E-state index contributed by atoms with van der Waals surface area (Å²) < 4.78 is 5.00. The van der Waals surface area contributed by atoms with Gasteiger partial charge in [-0.15, -0.1) is 0 Å². The van der Waals surface area contributed by atoms with Crippen LogP contribution in [0.4, 0.5) is 0 Å². The smallest absolute Gasteiger partial charge is 0.328 e. The number of rotatable bonds is 44. The summed E-state index contributed by atoms with van der Waals surface area (Å²) in [5, 5.41) is 22.9. The van der Waals surface area contributed by atoms with Crippen molar-refractivity contribution in [3.8, 4) is 0 Å². The molecule has 584 valence electrons. The van der Waals surface area contributed by atoms with E-state index in [2.05, 4.69) is 57.5 Å². The lowest BCUT2D eigenvalue weighted by Crippen LogP contribution is -2.61. The van der Waals surface area contributed by atoms with Gasteiger partial charge in [-0.2, -0.15) is 11.8 Å². The van der Waals surface area contributed by atoms with Gasteiger partial charge in [0.15, 0.2) is 11.9 Å². The number of guanidine groups is 2. The van der Waals surface area contributed by atoms with E-state index in [0.717, 1.165) is 10.9 Å². The summed E-state index contributed by atoms with van der Waals surface area (Å²) in [5.74, 6) is -9.34. The predicted molar refractivity (Wildman–Crippen MR) is 406 cm³/mol. The molecule has 3 aromatic carbocycles. The Hall–Kier alpha value is -10.3. The van der Waals surface area contributed by atoms with E-state index >= 15 is 14.4 Å². The Labute approximate surface area is 627 Å². The van der Waals surface area contributed by atoms with Crippen LogP contribution in [0.3, 0.4) is 0 Å². The zero-order valence-corrected chi connectivity index (χ0v) is 62.2. The Balaban J connectivity index is 1.26. The molecular formula is C73H108N20O13S. The summed E-state index contributed by atoms with van der Waals surface area (Å²) >= 11 is 1.47. The van der Waals surface area contributed by atoms with Gasteiger partial charge in [0, 0.05) is 62.5 Å². The number of likely N-dealkylation sites (tertiary alicyclic amines) is 2. The third kappa shape index (κ3) is 27.5. The molecule has 11 atom stereocenters. The van der Waals surface area contributed by atoms with Crippen LogP contribution in [-0.4, -0.2) is 216 Å². The highest BCUT2D eigenvalue weighted by Crippen LogP contribution is 2.25. The van der Waals surface area contributed by atoms with Crippen LogP contribution < -0.4 is 82.7 Å². The molecule has 0 spiro atoms. The number of ether oxygens (including phenoxy) is 1. The largest absolute Gasteiger partial charge is 0.467 e. The number of hydrogen-bond acceptors (Lipinski definition) is 18. The average molecular weight is 1510 g/mol. The third-order valence-corrected chi connectivity index (χ3v) is 19.1. The fraction of sp³-hybridized carbons (Fsp3) is 0.534. The molecule has 0 unspecified atom stereocenters. The summed E-state index contributed by atoms with van der Waals surface area (Å²) in [7, 11) is 1.21. The van der Waals surface area contributed by atoms with Gasteiger partial charge in [-0.05, 0) is 131 Å². The normalized spacial score (nSPS) is 16.6. The first-order chi connectivity index (χ1) is 51.2. The number of nitrogens with two attached hydrogens (primary N) is 7. The van der Waals surface area contributed by atoms with Crippen molar-refractivity contribution < 1.29 is 62.3 Å². The molecule has 33 nitrogen and oxygen atoms in total. The van der Waals surface area contributed by atoms with Crippen molar-refractivity contribution in [2.45, 2.75) is 189 Å². The Kier molecular flexibility index (Phi) is 35.1. The molecule has 34 heteroatoms. The molecule has 3 heterocycles. The van der Waals surface area contributed by atoms with Crippen molar-refractivity contribution in [1.29, 1.82) is 0 Å². The molecule has 4 aromatic rings. The SMILES string of the molecule is COC(=O)[C@H](CCSC)NC(=O)[C@H](CC(C)C)NC(=O)[C@@H](Cc1c[nH]c2ccccc12)NC(=O)[C@H](Cc1ccccc1)NC(=O)[C@@H](Cc1ccccc1)NC(=O)[C@H](CCCN=C(N)N)NC(=O)[C@H](CC(N)=O)NC(=O)[C@@H]1CCCN1C(=O)[C@H](CCCCN)NC(=O)[C@@H]1CCCN1C(=O)[C@@H](N)CCCN=C(N)N. The number of aromatic amines is 1. The number of thioether (sulfide) groups is 1. The summed E-state index contributed by atoms with van der Waals surface area (Å²) in [4.78, 5) is 186. The lowest BCUT2D eigenvalue weighted by molar-refractivity contribution is -0.145. The first-order valence-electron chi connectivity index (χ1n) is 36.3. The van der Waals surface area contributed by atoms with E-state index in [1.165, 1.54) is 28.7 Å². The number of nitrogens with zero attached hydrogens (tertiary/aromatic N) is 4. The summed E-state index contributed by atoms with van der Waals surface area (Å²) in [6, 6.07) is 10.4. The molecule has 2 aliphatic heterocycles. The Morgan fingerprint density at radius 1 is 0.533 bits per heavy atom. The Bertz CT molecular complexity index is 3710. The Morgan fingerprint density at radius 2 is 0.991 bits per heavy atom. The van der Waals surface area contributed by atoms with Crippen LogP contribution in [0, 0.1) is 5.92 Å². The van der Waals surface area contributed by atoms with Gasteiger partial charge < -0.3 is 102 Å². The number of hydrogen-bond donors (Lipinski definition) is 16. The molecule has 23 N–H and O–H groups in total. The highest BCUT2D eigenvalue weighted by atomic mass is 32.2. The lowest BCUT2D eigenvalue weighted by Gasteiger charge is -2.32. The van der Waals surface area contributed by atoms with E-state index in [1.54, 1.807) is 66.9 Å². The van der Waals surface area contributed by atoms with Crippen LogP contribution in [-0.2, 0) is 81.5 Å². The van der Waals surface area contributed by atoms with Crippen LogP contribution >= 0.6 is 11.8 Å². The van der Waals surface area contributed by atoms with E-state index < -0.39 is 144 Å². The van der Waals surface area contributed by atoms with E-state index in [1.807, 2.05) is 44.4 Å². The number of primary amides is 1. The van der Waals surface area contributed by atoms with Crippen molar-refractivity contribution in [2.75, 3.05) is 51.8 Å².